The van der Waals surface area contributed by atoms with Crippen molar-refractivity contribution in [1.29, 1.82) is 0 Å². The van der Waals surface area contributed by atoms with E-state index in [4.69, 9.17) is 10.2 Å². The Hall–Kier alpha value is -1.66. The molecule has 1 saturated heterocycles. The fourth-order valence-corrected chi connectivity index (χ4v) is 3.58. The number of likely N-dealkylation sites (tertiary alicyclic amines) is 1. The molecular formula is C15H21N3O3. The average molecular weight is 291 g/mol. The zero-order valence-electron chi connectivity index (χ0n) is 12.0. The molecule has 6 heteroatoms. The first kappa shape index (κ1) is 14.3. The lowest BCUT2D eigenvalue weighted by Crippen LogP contribution is -2.40. The summed E-state index contributed by atoms with van der Waals surface area (Å²) in [5.74, 6) is 0.469. The number of nitrogens with two attached hydrogens (primary N) is 1. The summed E-state index contributed by atoms with van der Waals surface area (Å²) in [6, 6.07) is 3.40. The van der Waals surface area contributed by atoms with Crippen molar-refractivity contribution in [2.75, 3.05) is 19.6 Å². The van der Waals surface area contributed by atoms with Gasteiger partial charge in [0.1, 0.15) is 0 Å². The van der Waals surface area contributed by atoms with E-state index in [1.165, 1.54) is 25.2 Å². The minimum Gasteiger partial charge on any atom is -0.459 e. The van der Waals surface area contributed by atoms with E-state index in [-0.39, 0.29) is 24.3 Å². The molecule has 2 heterocycles. The highest BCUT2D eigenvalue weighted by Gasteiger charge is 2.39. The summed E-state index contributed by atoms with van der Waals surface area (Å²) in [5.41, 5.74) is 6.16. The molecule has 21 heavy (non-hydrogen) atoms. The molecule has 0 aromatic carbocycles. The Balaban J connectivity index is 1.51. The lowest BCUT2D eigenvalue weighted by Gasteiger charge is -2.29. The first-order chi connectivity index (χ1) is 10.1. The maximum absolute atomic E-state index is 11.9. The van der Waals surface area contributed by atoms with Crippen molar-refractivity contribution in [1.82, 2.24) is 10.2 Å². The van der Waals surface area contributed by atoms with Crippen LogP contribution >= 0.6 is 0 Å². The van der Waals surface area contributed by atoms with Crippen molar-refractivity contribution in [3.63, 3.8) is 0 Å². The Morgan fingerprint density at radius 1 is 1.38 bits per heavy atom. The Bertz CT molecular complexity index is 514. The second-order valence-corrected chi connectivity index (χ2v) is 6.07. The third-order valence-corrected chi connectivity index (χ3v) is 4.59. The second kappa shape index (κ2) is 5.99. The Morgan fingerprint density at radius 3 is 2.95 bits per heavy atom. The van der Waals surface area contributed by atoms with Crippen LogP contribution in [0.1, 0.15) is 29.8 Å². The number of hydrogen-bond donors (Lipinski definition) is 2. The van der Waals surface area contributed by atoms with E-state index in [1.807, 2.05) is 0 Å². The summed E-state index contributed by atoms with van der Waals surface area (Å²) in [6.45, 7) is 2.00. The fourth-order valence-electron chi connectivity index (χ4n) is 3.58. The first-order valence-corrected chi connectivity index (χ1v) is 7.49. The SMILES string of the molecule is NC1CCCC2CN(CC(=O)NC(=O)c3ccco3)CC12. The van der Waals surface area contributed by atoms with Gasteiger partial charge < -0.3 is 10.2 Å². The number of nitrogens with zero attached hydrogens (tertiary/aromatic N) is 1. The topological polar surface area (TPSA) is 88.6 Å². The molecule has 2 aliphatic rings. The maximum atomic E-state index is 11.9. The van der Waals surface area contributed by atoms with Crippen LogP contribution in [0.5, 0.6) is 0 Å². The molecular weight excluding hydrogens is 270 g/mol. The van der Waals surface area contributed by atoms with Crippen LogP contribution in [0.15, 0.2) is 22.8 Å². The van der Waals surface area contributed by atoms with Crippen LogP contribution in [0.25, 0.3) is 0 Å². The summed E-state index contributed by atoms with van der Waals surface area (Å²) in [7, 11) is 0. The molecule has 1 aliphatic heterocycles. The molecule has 3 unspecified atom stereocenters. The van der Waals surface area contributed by atoms with Gasteiger partial charge in [0, 0.05) is 19.1 Å². The zero-order chi connectivity index (χ0) is 14.8. The zero-order valence-corrected chi connectivity index (χ0v) is 12.0. The number of furan rings is 1. The molecule has 3 atom stereocenters. The molecule has 0 spiro atoms. The van der Waals surface area contributed by atoms with Crippen molar-refractivity contribution >= 4 is 11.8 Å². The van der Waals surface area contributed by atoms with Crippen molar-refractivity contribution in [3.8, 4) is 0 Å². The van der Waals surface area contributed by atoms with Crippen LogP contribution in [0.4, 0.5) is 0 Å². The second-order valence-electron chi connectivity index (χ2n) is 6.07. The molecule has 1 aromatic heterocycles. The molecule has 1 saturated carbocycles. The summed E-state index contributed by atoms with van der Waals surface area (Å²) in [5, 5.41) is 2.36. The van der Waals surface area contributed by atoms with E-state index in [1.54, 1.807) is 6.07 Å². The van der Waals surface area contributed by atoms with Gasteiger partial charge in [0.15, 0.2) is 5.76 Å². The number of amides is 2. The number of imide groups is 1. The summed E-state index contributed by atoms with van der Waals surface area (Å²) in [4.78, 5) is 25.8. The molecule has 1 aliphatic carbocycles. The Kier molecular flexibility index (Phi) is 4.07. The standard InChI is InChI=1S/C15H21N3O3/c16-12-4-1-3-10-7-18(8-11(10)12)9-14(19)17-15(20)13-5-2-6-21-13/h2,5-6,10-12H,1,3-4,7-9,16H2,(H,17,19,20). The lowest BCUT2D eigenvalue weighted by molar-refractivity contribution is -0.121. The van der Waals surface area contributed by atoms with Gasteiger partial charge in [-0.2, -0.15) is 0 Å². The molecule has 2 amide bonds. The van der Waals surface area contributed by atoms with Gasteiger partial charge in [-0.15, -0.1) is 0 Å². The molecule has 1 aromatic rings. The minimum atomic E-state index is -0.488. The van der Waals surface area contributed by atoms with Gasteiger partial charge in [-0.1, -0.05) is 6.42 Å². The maximum Gasteiger partial charge on any atom is 0.293 e. The number of nitrogens with one attached hydrogen (secondary N) is 1. The van der Waals surface area contributed by atoms with Crippen molar-refractivity contribution in [3.05, 3.63) is 24.2 Å². The lowest BCUT2D eigenvalue weighted by atomic mass is 9.78. The normalized spacial score (nSPS) is 29.1. The molecule has 3 rings (SSSR count). The van der Waals surface area contributed by atoms with E-state index < -0.39 is 5.91 Å². The quantitative estimate of drug-likeness (QED) is 0.851. The monoisotopic (exact) mass is 291 g/mol. The van der Waals surface area contributed by atoms with Gasteiger partial charge in [-0.05, 0) is 36.8 Å². The first-order valence-electron chi connectivity index (χ1n) is 7.49. The predicted octanol–water partition coefficient (Wildman–Crippen LogP) is 0.595. The highest BCUT2D eigenvalue weighted by Crippen LogP contribution is 2.35. The third-order valence-electron chi connectivity index (χ3n) is 4.59. The van der Waals surface area contributed by atoms with Crippen molar-refractivity contribution in [2.45, 2.75) is 25.3 Å². The van der Waals surface area contributed by atoms with Gasteiger partial charge in [-0.25, -0.2) is 0 Å². The Labute approximate surface area is 123 Å². The predicted molar refractivity (Wildman–Crippen MR) is 76.4 cm³/mol. The summed E-state index contributed by atoms with van der Waals surface area (Å²) in [6.07, 6.45) is 4.87. The third kappa shape index (κ3) is 3.16. The summed E-state index contributed by atoms with van der Waals surface area (Å²) < 4.78 is 4.96. The molecule has 114 valence electrons. The molecule has 3 N–H and O–H groups in total. The van der Waals surface area contributed by atoms with Gasteiger partial charge in [-0.3, -0.25) is 19.8 Å². The van der Waals surface area contributed by atoms with E-state index in [2.05, 4.69) is 10.2 Å². The summed E-state index contributed by atoms with van der Waals surface area (Å²) >= 11 is 0. The van der Waals surface area contributed by atoms with Crippen LogP contribution in [0, 0.1) is 11.8 Å². The number of carbonyl (C=O) groups is 2. The van der Waals surface area contributed by atoms with Crippen LogP contribution in [0.3, 0.4) is 0 Å². The van der Waals surface area contributed by atoms with Gasteiger partial charge in [0.05, 0.1) is 12.8 Å². The smallest absolute Gasteiger partial charge is 0.293 e. The van der Waals surface area contributed by atoms with Crippen LogP contribution in [0.2, 0.25) is 0 Å². The number of hydrogen-bond acceptors (Lipinski definition) is 5. The van der Waals surface area contributed by atoms with Gasteiger partial charge >= 0.3 is 0 Å². The van der Waals surface area contributed by atoms with Crippen LogP contribution in [-0.4, -0.2) is 42.4 Å². The van der Waals surface area contributed by atoms with E-state index in [0.29, 0.717) is 11.8 Å². The number of rotatable bonds is 3. The van der Waals surface area contributed by atoms with Crippen LogP contribution in [-0.2, 0) is 4.79 Å². The van der Waals surface area contributed by atoms with E-state index in [0.717, 1.165) is 19.5 Å². The van der Waals surface area contributed by atoms with E-state index >= 15 is 0 Å². The molecule has 2 fully saturated rings. The van der Waals surface area contributed by atoms with Crippen molar-refractivity contribution < 1.29 is 14.0 Å². The molecule has 0 radical (unpaired) electrons. The van der Waals surface area contributed by atoms with E-state index in [9.17, 15) is 9.59 Å². The molecule has 0 bridgehead atoms. The highest BCUT2D eigenvalue weighted by atomic mass is 16.3. The number of fused-ring (bicyclic) bond motifs is 1. The molecule has 6 nitrogen and oxygen atoms in total. The van der Waals surface area contributed by atoms with Crippen molar-refractivity contribution in [2.24, 2.45) is 17.6 Å². The Morgan fingerprint density at radius 2 is 2.24 bits per heavy atom. The fraction of sp³-hybridized carbons (Fsp3) is 0.600. The highest BCUT2D eigenvalue weighted by molar-refractivity contribution is 6.03. The largest absolute Gasteiger partial charge is 0.459 e. The van der Waals surface area contributed by atoms with Crippen LogP contribution < -0.4 is 11.1 Å². The number of carbonyl (C=O) groups excluding carboxylic acids is 2. The van der Waals surface area contributed by atoms with Gasteiger partial charge in [0.25, 0.3) is 5.91 Å². The average Bonchev–Trinajstić information content (AvgIpc) is 3.07. The minimum absolute atomic E-state index is 0.153. The van der Waals surface area contributed by atoms with Gasteiger partial charge in [0.2, 0.25) is 5.91 Å².